The first kappa shape index (κ1) is 10.8. The van der Waals surface area contributed by atoms with E-state index in [1.807, 2.05) is 50.4 Å². The topological polar surface area (TPSA) is 29.3 Å². The van der Waals surface area contributed by atoms with Crippen LogP contribution in [0, 0.1) is 6.92 Å². The number of benzene rings is 2. The number of anilines is 2. The van der Waals surface area contributed by atoms with Gasteiger partial charge in [0, 0.05) is 25.3 Å². The predicted molar refractivity (Wildman–Crippen MR) is 73.3 cm³/mol. The minimum absolute atomic E-state index is 0.699. The zero-order valence-electron chi connectivity index (χ0n) is 10.4. The summed E-state index contributed by atoms with van der Waals surface area (Å²) >= 11 is 0. The van der Waals surface area contributed by atoms with E-state index in [-0.39, 0.29) is 0 Å². The van der Waals surface area contributed by atoms with Crippen LogP contribution < -0.4 is 4.90 Å². The number of para-hydroxylation sites is 1. The third-order valence-corrected chi connectivity index (χ3v) is 3.01. The second-order valence-corrected chi connectivity index (χ2v) is 4.28. The first-order valence-electron chi connectivity index (χ1n) is 5.90. The predicted octanol–water partition coefficient (Wildman–Crippen LogP) is 3.90. The minimum Gasteiger partial charge on any atom is -0.441 e. The Labute approximate surface area is 106 Å². The van der Waals surface area contributed by atoms with Crippen molar-refractivity contribution >= 4 is 22.5 Å². The van der Waals surface area contributed by atoms with Crippen molar-refractivity contribution in [3.63, 3.8) is 0 Å². The number of oxazole rings is 1. The molecule has 3 aromatic rings. The standard InChI is InChI=1S/C15H14N2O/c1-11-16-14-10-13(8-9-15(14)18-11)17(2)12-6-4-3-5-7-12/h3-10H,1-2H3. The Morgan fingerprint density at radius 1 is 1.00 bits per heavy atom. The van der Waals surface area contributed by atoms with Gasteiger partial charge in [-0.05, 0) is 30.3 Å². The van der Waals surface area contributed by atoms with Crippen LogP contribution in [0.3, 0.4) is 0 Å². The summed E-state index contributed by atoms with van der Waals surface area (Å²) in [4.78, 5) is 6.48. The Kier molecular flexibility index (Phi) is 2.52. The summed E-state index contributed by atoms with van der Waals surface area (Å²) in [5, 5.41) is 0. The Morgan fingerprint density at radius 2 is 1.78 bits per heavy atom. The maximum absolute atomic E-state index is 5.48. The van der Waals surface area contributed by atoms with Crippen molar-refractivity contribution in [3.05, 3.63) is 54.4 Å². The number of rotatable bonds is 2. The van der Waals surface area contributed by atoms with Crippen LogP contribution in [0.1, 0.15) is 5.89 Å². The molecule has 0 spiro atoms. The van der Waals surface area contributed by atoms with Crippen LogP contribution >= 0.6 is 0 Å². The highest BCUT2D eigenvalue weighted by molar-refractivity contribution is 5.79. The maximum Gasteiger partial charge on any atom is 0.192 e. The summed E-state index contributed by atoms with van der Waals surface area (Å²) in [6.45, 7) is 1.86. The summed E-state index contributed by atoms with van der Waals surface area (Å²) in [6.07, 6.45) is 0. The van der Waals surface area contributed by atoms with Gasteiger partial charge in [0.05, 0.1) is 0 Å². The summed E-state index contributed by atoms with van der Waals surface area (Å²) in [7, 11) is 2.05. The summed E-state index contributed by atoms with van der Waals surface area (Å²) < 4.78 is 5.48. The van der Waals surface area contributed by atoms with E-state index in [0.717, 1.165) is 22.5 Å². The fourth-order valence-corrected chi connectivity index (χ4v) is 2.04. The van der Waals surface area contributed by atoms with Gasteiger partial charge in [-0.1, -0.05) is 18.2 Å². The van der Waals surface area contributed by atoms with Crippen molar-refractivity contribution in [3.8, 4) is 0 Å². The molecule has 0 unspecified atom stereocenters. The molecule has 1 aromatic heterocycles. The second-order valence-electron chi connectivity index (χ2n) is 4.28. The van der Waals surface area contributed by atoms with Crippen LogP contribution in [0.4, 0.5) is 11.4 Å². The van der Waals surface area contributed by atoms with Crippen LogP contribution in [-0.2, 0) is 0 Å². The number of hydrogen-bond acceptors (Lipinski definition) is 3. The van der Waals surface area contributed by atoms with Gasteiger partial charge >= 0.3 is 0 Å². The normalized spacial score (nSPS) is 10.8. The average molecular weight is 238 g/mol. The number of hydrogen-bond donors (Lipinski definition) is 0. The minimum atomic E-state index is 0.699. The monoisotopic (exact) mass is 238 g/mol. The molecule has 0 aliphatic rings. The third-order valence-electron chi connectivity index (χ3n) is 3.01. The van der Waals surface area contributed by atoms with Gasteiger partial charge in [-0.25, -0.2) is 4.98 Å². The van der Waals surface area contributed by atoms with Crippen LogP contribution in [0.5, 0.6) is 0 Å². The number of nitrogens with zero attached hydrogens (tertiary/aromatic N) is 2. The average Bonchev–Trinajstić information content (AvgIpc) is 2.78. The van der Waals surface area contributed by atoms with Crippen molar-refractivity contribution < 1.29 is 4.42 Å². The molecule has 0 aliphatic heterocycles. The third kappa shape index (κ3) is 1.84. The summed E-state index contributed by atoms with van der Waals surface area (Å²) in [5.74, 6) is 0.699. The smallest absolute Gasteiger partial charge is 0.192 e. The van der Waals surface area contributed by atoms with Crippen molar-refractivity contribution in [2.24, 2.45) is 0 Å². The van der Waals surface area contributed by atoms with Crippen molar-refractivity contribution in [1.29, 1.82) is 0 Å². The molecular formula is C15H14N2O. The highest BCUT2D eigenvalue weighted by atomic mass is 16.3. The van der Waals surface area contributed by atoms with E-state index in [9.17, 15) is 0 Å². The van der Waals surface area contributed by atoms with E-state index < -0.39 is 0 Å². The zero-order valence-corrected chi connectivity index (χ0v) is 10.4. The summed E-state index contributed by atoms with van der Waals surface area (Å²) in [6, 6.07) is 16.3. The molecule has 3 rings (SSSR count). The Morgan fingerprint density at radius 3 is 2.56 bits per heavy atom. The molecule has 3 nitrogen and oxygen atoms in total. The highest BCUT2D eigenvalue weighted by Crippen LogP contribution is 2.26. The van der Waals surface area contributed by atoms with Gasteiger partial charge in [-0.2, -0.15) is 0 Å². The molecule has 0 fully saturated rings. The SMILES string of the molecule is Cc1nc2cc(N(C)c3ccccc3)ccc2o1. The lowest BCUT2D eigenvalue weighted by molar-refractivity contribution is 0.561. The van der Waals surface area contributed by atoms with Crippen LogP contribution in [-0.4, -0.2) is 12.0 Å². The second kappa shape index (κ2) is 4.18. The van der Waals surface area contributed by atoms with Gasteiger partial charge in [0.15, 0.2) is 11.5 Å². The van der Waals surface area contributed by atoms with Crippen LogP contribution in [0.15, 0.2) is 52.9 Å². The molecule has 2 aromatic carbocycles. The fraction of sp³-hybridized carbons (Fsp3) is 0.133. The van der Waals surface area contributed by atoms with E-state index in [1.165, 1.54) is 0 Å². The van der Waals surface area contributed by atoms with Crippen LogP contribution in [0.2, 0.25) is 0 Å². The molecule has 18 heavy (non-hydrogen) atoms. The van der Waals surface area contributed by atoms with Gasteiger partial charge in [0.1, 0.15) is 5.52 Å². The summed E-state index contributed by atoms with van der Waals surface area (Å²) in [5.41, 5.74) is 3.98. The largest absolute Gasteiger partial charge is 0.441 e. The van der Waals surface area contributed by atoms with E-state index in [2.05, 4.69) is 22.0 Å². The van der Waals surface area contributed by atoms with Gasteiger partial charge in [0.25, 0.3) is 0 Å². The zero-order chi connectivity index (χ0) is 12.5. The Hall–Kier alpha value is -2.29. The molecule has 90 valence electrons. The highest BCUT2D eigenvalue weighted by Gasteiger charge is 2.07. The van der Waals surface area contributed by atoms with Gasteiger partial charge < -0.3 is 9.32 Å². The number of aromatic nitrogens is 1. The van der Waals surface area contributed by atoms with Gasteiger partial charge in [0.2, 0.25) is 0 Å². The lowest BCUT2D eigenvalue weighted by Crippen LogP contribution is -2.08. The molecule has 0 aliphatic carbocycles. The molecule has 0 amide bonds. The van der Waals surface area contributed by atoms with Crippen molar-refractivity contribution in [1.82, 2.24) is 4.98 Å². The first-order valence-corrected chi connectivity index (χ1v) is 5.90. The van der Waals surface area contributed by atoms with Gasteiger partial charge in [-0.3, -0.25) is 0 Å². The molecule has 0 saturated carbocycles. The quantitative estimate of drug-likeness (QED) is 0.678. The maximum atomic E-state index is 5.48. The number of aryl methyl sites for hydroxylation is 1. The van der Waals surface area contributed by atoms with Crippen molar-refractivity contribution in [2.75, 3.05) is 11.9 Å². The fourth-order valence-electron chi connectivity index (χ4n) is 2.04. The molecule has 0 N–H and O–H groups in total. The molecule has 0 atom stereocenters. The van der Waals surface area contributed by atoms with Crippen LogP contribution in [0.25, 0.3) is 11.1 Å². The lowest BCUT2D eigenvalue weighted by Gasteiger charge is -2.19. The van der Waals surface area contributed by atoms with E-state index >= 15 is 0 Å². The molecule has 3 heteroatoms. The molecule has 1 heterocycles. The molecule has 0 radical (unpaired) electrons. The molecular weight excluding hydrogens is 224 g/mol. The molecule has 0 saturated heterocycles. The lowest BCUT2D eigenvalue weighted by atomic mass is 10.2. The van der Waals surface area contributed by atoms with E-state index in [4.69, 9.17) is 4.42 Å². The van der Waals surface area contributed by atoms with Crippen molar-refractivity contribution in [2.45, 2.75) is 6.92 Å². The number of fused-ring (bicyclic) bond motifs is 1. The van der Waals surface area contributed by atoms with Gasteiger partial charge in [-0.15, -0.1) is 0 Å². The van der Waals surface area contributed by atoms with E-state index in [0.29, 0.717) is 5.89 Å². The Bertz CT molecular complexity index is 673. The first-order chi connectivity index (χ1) is 8.74. The van der Waals surface area contributed by atoms with E-state index in [1.54, 1.807) is 0 Å². The Balaban J connectivity index is 2.03. The molecule has 0 bridgehead atoms.